The van der Waals surface area contributed by atoms with Crippen LogP contribution in [-0.2, 0) is 4.79 Å². The number of rotatable bonds is 4. The van der Waals surface area contributed by atoms with Gasteiger partial charge in [-0.1, -0.05) is 17.7 Å². The summed E-state index contributed by atoms with van der Waals surface area (Å²) in [4.78, 5) is 12.2. The second kappa shape index (κ2) is 6.84. The maximum absolute atomic E-state index is 12.2. The monoisotopic (exact) mass is 383 g/mol. The van der Waals surface area contributed by atoms with Crippen molar-refractivity contribution in [1.29, 1.82) is 0 Å². The molecular formula is C16H19BrClN3O. The van der Waals surface area contributed by atoms with Gasteiger partial charge in [0.2, 0.25) is 5.91 Å². The van der Waals surface area contributed by atoms with Gasteiger partial charge in [0.15, 0.2) is 0 Å². The van der Waals surface area contributed by atoms with E-state index in [2.05, 4.69) is 26.3 Å². The zero-order valence-corrected chi connectivity index (χ0v) is 15.4. The van der Waals surface area contributed by atoms with E-state index < -0.39 is 0 Å². The minimum absolute atomic E-state index is 0.0223. The van der Waals surface area contributed by atoms with Crippen molar-refractivity contribution in [2.24, 2.45) is 0 Å². The number of hydrogen-bond acceptors (Lipinski definition) is 2. The first kappa shape index (κ1) is 17.0. The second-order valence-corrected chi connectivity index (χ2v) is 6.69. The van der Waals surface area contributed by atoms with E-state index in [0.29, 0.717) is 17.1 Å². The standard InChI is InChI=1S/C16H19BrClN3O/c1-9-5-6-13(8-14(9)18)19-15(22)7-10(2)21-12(4)16(17)11(3)20-21/h5-6,8,10H,7H2,1-4H3,(H,19,22). The first-order chi connectivity index (χ1) is 10.3. The Morgan fingerprint density at radius 1 is 1.41 bits per heavy atom. The lowest BCUT2D eigenvalue weighted by molar-refractivity contribution is -0.116. The third-order valence-corrected chi connectivity index (χ3v) is 5.15. The highest BCUT2D eigenvalue weighted by atomic mass is 79.9. The Balaban J connectivity index is 2.04. The summed E-state index contributed by atoms with van der Waals surface area (Å²) >= 11 is 9.57. The van der Waals surface area contributed by atoms with Gasteiger partial charge in [-0.15, -0.1) is 0 Å². The van der Waals surface area contributed by atoms with Gasteiger partial charge >= 0.3 is 0 Å². The molecule has 22 heavy (non-hydrogen) atoms. The SMILES string of the molecule is Cc1ccc(NC(=O)CC(C)n2nc(C)c(Br)c2C)cc1Cl. The van der Waals surface area contributed by atoms with Gasteiger partial charge in [0, 0.05) is 17.1 Å². The van der Waals surface area contributed by atoms with Gasteiger partial charge in [-0.2, -0.15) is 5.10 Å². The first-order valence-electron chi connectivity index (χ1n) is 7.06. The van der Waals surface area contributed by atoms with Crippen molar-refractivity contribution < 1.29 is 4.79 Å². The van der Waals surface area contributed by atoms with Crippen LogP contribution in [-0.4, -0.2) is 15.7 Å². The fraction of sp³-hybridized carbons (Fsp3) is 0.375. The summed E-state index contributed by atoms with van der Waals surface area (Å²) < 4.78 is 2.87. The minimum atomic E-state index is -0.0592. The fourth-order valence-corrected chi connectivity index (χ4v) is 2.75. The van der Waals surface area contributed by atoms with Crippen molar-refractivity contribution in [3.63, 3.8) is 0 Å². The van der Waals surface area contributed by atoms with E-state index in [1.165, 1.54) is 0 Å². The number of benzene rings is 1. The van der Waals surface area contributed by atoms with Gasteiger partial charge < -0.3 is 5.32 Å². The Morgan fingerprint density at radius 2 is 2.09 bits per heavy atom. The molecular weight excluding hydrogens is 366 g/mol. The van der Waals surface area contributed by atoms with Crippen LogP contribution >= 0.6 is 27.5 Å². The number of hydrogen-bond donors (Lipinski definition) is 1. The summed E-state index contributed by atoms with van der Waals surface area (Å²) in [6, 6.07) is 5.48. The molecule has 0 saturated carbocycles. The number of halogens is 2. The average molecular weight is 385 g/mol. The molecule has 2 aromatic rings. The molecule has 0 fully saturated rings. The average Bonchev–Trinajstić information content (AvgIpc) is 2.70. The van der Waals surface area contributed by atoms with E-state index in [-0.39, 0.29) is 11.9 Å². The van der Waals surface area contributed by atoms with Crippen LogP contribution in [0.2, 0.25) is 5.02 Å². The minimum Gasteiger partial charge on any atom is -0.326 e. The van der Waals surface area contributed by atoms with Crippen molar-refractivity contribution in [2.75, 3.05) is 5.32 Å². The van der Waals surface area contributed by atoms with Crippen molar-refractivity contribution in [2.45, 2.75) is 40.2 Å². The predicted octanol–water partition coefficient (Wildman–Crippen LogP) is 4.81. The molecule has 0 radical (unpaired) electrons. The highest BCUT2D eigenvalue weighted by Gasteiger charge is 2.17. The van der Waals surface area contributed by atoms with E-state index in [1.54, 1.807) is 6.07 Å². The molecule has 0 saturated heterocycles. The number of nitrogens with one attached hydrogen (secondary N) is 1. The van der Waals surface area contributed by atoms with Crippen molar-refractivity contribution in [3.8, 4) is 0 Å². The second-order valence-electron chi connectivity index (χ2n) is 5.49. The summed E-state index contributed by atoms with van der Waals surface area (Å²) in [6.07, 6.45) is 0.347. The molecule has 0 aliphatic heterocycles. The maximum Gasteiger partial charge on any atom is 0.226 e. The summed E-state index contributed by atoms with van der Waals surface area (Å²) in [5.74, 6) is -0.0592. The number of aromatic nitrogens is 2. The first-order valence-corrected chi connectivity index (χ1v) is 8.24. The highest BCUT2D eigenvalue weighted by Crippen LogP contribution is 2.25. The molecule has 0 spiro atoms. The van der Waals surface area contributed by atoms with E-state index in [9.17, 15) is 4.79 Å². The molecule has 1 atom stereocenters. The smallest absolute Gasteiger partial charge is 0.226 e. The fourth-order valence-electron chi connectivity index (χ4n) is 2.31. The third-order valence-electron chi connectivity index (χ3n) is 3.59. The molecule has 0 aliphatic carbocycles. The molecule has 0 aliphatic rings. The molecule has 0 bridgehead atoms. The lowest BCUT2D eigenvalue weighted by Gasteiger charge is -2.14. The molecule has 2 rings (SSSR count). The Bertz CT molecular complexity index is 712. The van der Waals surface area contributed by atoms with Gasteiger partial charge in [0.1, 0.15) is 0 Å². The quantitative estimate of drug-likeness (QED) is 0.822. The molecule has 118 valence electrons. The van der Waals surface area contributed by atoms with Crippen LogP contribution in [0.1, 0.15) is 36.3 Å². The summed E-state index contributed by atoms with van der Waals surface area (Å²) in [7, 11) is 0. The van der Waals surface area contributed by atoms with Crippen molar-refractivity contribution in [3.05, 3.63) is 44.6 Å². The van der Waals surface area contributed by atoms with Gasteiger partial charge in [0.25, 0.3) is 0 Å². The topological polar surface area (TPSA) is 46.9 Å². The normalized spacial score (nSPS) is 12.3. The summed E-state index contributed by atoms with van der Waals surface area (Å²) in [5.41, 5.74) is 3.65. The number of anilines is 1. The largest absolute Gasteiger partial charge is 0.326 e. The van der Waals surface area contributed by atoms with E-state index in [1.807, 2.05) is 44.5 Å². The lowest BCUT2D eigenvalue weighted by atomic mass is 10.2. The van der Waals surface area contributed by atoms with Gasteiger partial charge in [-0.25, -0.2) is 0 Å². The maximum atomic E-state index is 12.2. The molecule has 1 aromatic carbocycles. The molecule has 1 heterocycles. The van der Waals surface area contributed by atoms with Gasteiger partial charge in [-0.05, 0) is 61.3 Å². The molecule has 1 aromatic heterocycles. The van der Waals surface area contributed by atoms with Crippen molar-refractivity contribution >= 4 is 39.1 Å². The van der Waals surface area contributed by atoms with Crippen LogP contribution < -0.4 is 5.32 Å². The molecule has 6 heteroatoms. The van der Waals surface area contributed by atoms with Crippen LogP contribution in [0.5, 0.6) is 0 Å². The van der Waals surface area contributed by atoms with E-state index in [0.717, 1.165) is 21.4 Å². The van der Waals surface area contributed by atoms with Gasteiger partial charge in [0.05, 0.1) is 21.9 Å². The van der Waals surface area contributed by atoms with Crippen molar-refractivity contribution in [1.82, 2.24) is 9.78 Å². The Hall–Kier alpha value is -1.33. The molecule has 1 amide bonds. The number of carbonyl (C=O) groups is 1. The van der Waals surface area contributed by atoms with E-state index in [4.69, 9.17) is 11.6 Å². The lowest BCUT2D eigenvalue weighted by Crippen LogP contribution is -2.19. The summed E-state index contributed by atoms with van der Waals surface area (Å²) in [6.45, 7) is 7.83. The predicted molar refractivity (Wildman–Crippen MR) is 93.5 cm³/mol. The Kier molecular flexibility index (Phi) is 5.29. The van der Waals surface area contributed by atoms with Crippen LogP contribution in [0.15, 0.2) is 22.7 Å². The highest BCUT2D eigenvalue weighted by molar-refractivity contribution is 9.10. The zero-order chi connectivity index (χ0) is 16.4. The third kappa shape index (κ3) is 3.70. The Morgan fingerprint density at radius 3 is 2.64 bits per heavy atom. The number of nitrogens with zero attached hydrogens (tertiary/aromatic N) is 2. The van der Waals surface area contributed by atoms with Crippen LogP contribution in [0.3, 0.4) is 0 Å². The molecule has 1 N–H and O–H groups in total. The zero-order valence-electron chi connectivity index (χ0n) is 13.1. The van der Waals surface area contributed by atoms with Crippen LogP contribution in [0.4, 0.5) is 5.69 Å². The van der Waals surface area contributed by atoms with Crippen LogP contribution in [0.25, 0.3) is 0 Å². The number of carbonyl (C=O) groups excluding carboxylic acids is 1. The molecule has 1 unspecified atom stereocenters. The summed E-state index contributed by atoms with van der Waals surface area (Å²) in [5, 5.41) is 7.99. The molecule has 4 nitrogen and oxygen atoms in total. The van der Waals surface area contributed by atoms with Crippen LogP contribution in [0, 0.1) is 20.8 Å². The Labute approximate surface area is 144 Å². The van der Waals surface area contributed by atoms with Gasteiger partial charge in [-0.3, -0.25) is 9.48 Å². The number of aryl methyl sites for hydroxylation is 2. The van der Waals surface area contributed by atoms with E-state index >= 15 is 0 Å². The number of amides is 1.